The fourth-order valence-electron chi connectivity index (χ4n) is 3.07. The van der Waals surface area contributed by atoms with E-state index >= 15 is 0 Å². The first-order chi connectivity index (χ1) is 11.4. The third-order valence-corrected chi connectivity index (χ3v) is 4.29. The highest BCUT2D eigenvalue weighted by molar-refractivity contribution is 5.81. The highest BCUT2D eigenvalue weighted by atomic mass is 16.6. The number of carbonyl (C=O) groups excluding carboxylic acids is 1. The summed E-state index contributed by atoms with van der Waals surface area (Å²) in [4.78, 5) is 35.7. The van der Waals surface area contributed by atoms with Crippen molar-refractivity contribution in [1.82, 2.24) is 4.90 Å². The summed E-state index contributed by atoms with van der Waals surface area (Å²) in [5.41, 5.74) is 0.637. The number of nitrogens with zero attached hydrogens (tertiary/aromatic N) is 2. The Morgan fingerprint density at radius 3 is 2.67 bits per heavy atom. The molecule has 128 valence electrons. The Labute approximate surface area is 139 Å². The molecule has 0 saturated heterocycles. The van der Waals surface area contributed by atoms with Gasteiger partial charge in [0.2, 0.25) is 5.91 Å². The predicted octanol–water partition coefficient (Wildman–Crippen LogP) is 2.61. The van der Waals surface area contributed by atoms with Crippen LogP contribution in [0.25, 0.3) is 0 Å². The second-order valence-corrected chi connectivity index (χ2v) is 5.98. The van der Waals surface area contributed by atoms with E-state index in [1.165, 1.54) is 12.1 Å². The van der Waals surface area contributed by atoms with E-state index in [4.69, 9.17) is 5.11 Å². The highest BCUT2D eigenvalue weighted by Crippen LogP contribution is 2.32. The third-order valence-electron chi connectivity index (χ3n) is 4.29. The van der Waals surface area contributed by atoms with E-state index in [1.807, 2.05) is 0 Å². The number of nitro groups is 1. The number of hydrogen-bond acceptors (Lipinski definition) is 4. The molecule has 0 heterocycles. The minimum atomic E-state index is -0.862. The van der Waals surface area contributed by atoms with Crippen LogP contribution in [0.1, 0.15) is 24.8 Å². The van der Waals surface area contributed by atoms with Crippen LogP contribution in [0.4, 0.5) is 5.69 Å². The fourth-order valence-corrected chi connectivity index (χ4v) is 3.07. The molecule has 1 amide bonds. The lowest BCUT2D eigenvalue weighted by molar-refractivity contribution is -0.384. The van der Waals surface area contributed by atoms with Crippen LogP contribution < -0.4 is 0 Å². The topological polar surface area (TPSA) is 101 Å². The summed E-state index contributed by atoms with van der Waals surface area (Å²) >= 11 is 0. The summed E-state index contributed by atoms with van der Waals surface area (Å²) in [5, 5.41) is 19.9. The van der Waals surface area contributed by atoms with Crippen molar-refractivity contribution in [2.24, 2.45) is 11.8 Å². The van der Waals surface area contributed by atoms with Gasteiger partial charge in [-0.1, -0.05) is 18.2 Å². The van der Waals surface area contributed by atoms with Gasteiger partial charge in [0.1, 0.15) is 0 Å². The molecule has 1 aromatic rings. The molecular weight excluding hydrogens is 312 g/mol. The average Bonchev–Trinajstić information content (AvgIpc) is 3.04. The molecule has 0 radical (unpaired) electrons. The van der Waals surface area contributed by atoms with Crippen molar-refractivity contribution in [2.75, 3.05) is 6.54 Å². The van der Waals surface area contributed by atoms with E-state index in [0.717, 1.165) is 0 Å². The maximum absolute atomic E-state index is 12.7. The second-order valence-electron chi connectivity index (χ2n) is 5.98. The second kappa shape index (κ2) is 7.72. The van der Waals surface area contributed by atoms with E-state index in [1.54, 1.807) is 23.1 Å². The van der Waals surface area contributed by atoms with Gasteiger partial charge >= 0.3 is 5.97 Å². The summed E-state index contributed by atoms with van der Waals surface area (Å²) in [6, 6.07) is 6.15. The molecule has 24 heavy (non-hydrogen) atoms. The molecule has 7 heteroatoms. The Balaban J connectivity index is 2.10. The van der Waals surface area contributed by atoms with E-state index in [-0.39, 0.29) is 24.1 Å². The number of carboxylic acids is 1. The van der Waals surface area contributed by atoms with Crippen molar-refractivity contribution in [2.45, 2.75) is 25.8 Å². The van der Waals surface area contributed by atoms with Crippen molar-refractivity contribution in [1.29, 1.82) is 0 Å². The summed E-state index contributed by atoms with van der Waals surface area (Å²) in [7, 11) is 0. The van der Waals surface area contributed by atoms with Crippen LogP contribution in [0, 0.1) is 22.0 Å². The van der Waals surface area contributed by atoms with Crippen molar-refractivity contribution in [3.05, 3.63) is 52.6 Å². The van der Waals surface area contributed by atoms with Crippen molar-refractivity contribution in [3.8, 4) is 0 Å². The standard InChI is InChI=1S/C17H20N2O5/c1-2-8-18(11-12-4-3-5-15(9-12)19(23)24)16(20)13-6-7-14(10-13)17(21)22/h2-5,9,13-14H,1,6-8,10-11H2,(H,21,22)/t13-,14+/m0/s1. The van der Waals surface area contributed by atoms with Crippen LogP contribution in [-0.2, 0) is 16.1 Å². The van der Waals surface area contributed by atoms with Crippen molar-refractivity contribution >= 4 is 17.6 Å². The predicted molar refractivity (Wildman–Crippen MR) is 87.2 cm³/mol. The zero-order valence-electron chi connectivity index (χ0n) is 13.3. The van der Waals surface area contributed by atoms with Gasteiger partial charge in [0, 0.05) is 31.1 Å². The smallest absolute Gasteiger partial charge is 0.306 e. The SMILES string of the molecule is C=CCN(Cc1cccc([N+](=O)[O-])c1)C(=O)[C@H]1CC[C@@H](C(=O)O)C1. The zero-order valence-corrected chi connectivity index (χ0v) is 13.3. The van der Waals surface area contributed by atoms with Gasteiger partial charge in [-0.3, -0.25) is 19.7 Å². The summed E-state index contributed by atoms with van der Waals surface area (Å²) in [5.74, 6) is -1.77. The molecule has 1 aromatic carbocycles. The molecule has 1 aliphatic rings. The number of benzene rings is 1. The summed E-state index contributed by atoms with van der Waals surface area (Å²) in [6.07, 6.45) is 3.00. The number of non-ortho nitro benzene ring substituents is 1. The molecule has 1 fully saturated rings. The average molecular weight is 332 g/mol. The van der Waals surface area contributed by atoms with Crippen LogP contribution in [0.15, 0.2) is 36.9 Å². The first kappa shape index (κ1) is 17.7. The first-order valence-electron chi connectivity index (χ1n) is 7.78. The molecular formula is C17H20N2O5. The first-order valence-corrected chi connectivity index (χ1v) is 7.78. The largest absolute Gasteiger partial charge is 0.481 e. The van der Waals surface area contributed by atoms with Crippen molar-refractivity contribution in [3.63, 3.8) is 0 Å². The number of rotatable bonds is 7. The highest BCUT2D eigenvalue weighted by Gasteiger charge is 2.35. The van der Waals surface area contributed by atoms with Gasteiger partial charge in [-0.2, -0.15) is 0 Å². The molecule has 1 saturated carbocycles. The van der Waals surface area contributed by atoms with Gasteiger partial charge in [0.15, 0.2) is 0 Å². The lowest BCUT2D eigenvalue weighted by Gasteiger charge is -2.24. The number of carbonyl (C=O) groups is 2. The lowest BCUT2D eigenvalue weighted by atomic mass is 10.0. The molecule has 0 aromatic heterocycles. The van der Waals surface area contributed by atoms with Crippen LogP contribution in [-0.4, -0.2) is 33.4 Å². The quantitative estimate of drug-likeness (QED) is 0.470. The Hall–Kier alpha value is -2.70. The number of nitro benzene ring substituents is 1. The van der Waals surface area contributed by atoms with Crippen LogP contribution in [0.3, 0.4) is 0 Å². The normalized spacial score (nSPS) is 19.7. The van der Waals surface area contributed by atoms with Gasteiger partial charge in [0.05, 0.1) is 10.8 Å². The van der Waals surface area contributed by atoms with Gasteiger partial charge in [-0.05, 0) is 24.8 Å². The van der Waals surface area contributed by atoms with Gasteiger partial charge in [-0.15, -0.1) is 6.58 Å². The van der Waals surface area contributed by atoms with E-state index in [0.29, 0.717) is 31.4 Å². The lowest BCUT2D eigenvalue weighted by Crippen LogP contribution is -2.35. The van der Waals surface area contributed by atoms with Crippen LogP contribution in [0.2, 0.25) is 0 Å². The molecule has 0 spiro atoms. The molecule has 0 aliphatic heterocycles. The fraction of sp³-hybridized carbons (Fsp3) is 0.412. The third kappa shape index (κ3) is 4.18. The maximum Gasteiger partial charge on any atom is 0.306 e. The Bertz CT molecular complexity index is 658. The number of amides is 1. The van der Waals surface area contributed by atoms with Gasteiger partial charge < -0.3 is 10.0 Å². The monoisotopic (exact) mass is 332 g/mol. The minimum Gasteiger partial charge on any atom is -0.481 e. The summed E-state index contributed by atoms with van der Waals surface area (Å²) < 4.78 is 0. The molecule has 0 unspecified atom stereocenters. The Morgan fingerprint density at radius 2 is 2.08 bits per heavy atom. The Kier molecular flexibility index (Phi) is 5.68. The molecule has 1 N–H and O–H groups in total. The number of hydrogen-bond donors (Lipinski definition) is 1. The number of carboxylic acid groups (broad SMARTS) is 1. The van der Waals surface area contributed by atoms with E-state index in [2.05, 4.69) is 6.58 Å². The molecule has 0 bridgehead atoms. The molecule has 1 aliphatic carbocycles. The number of aliphatic carboxylic acids is 1. The molecule has 2 atom stereocenters. The van der Waals surface area contributed by atoms with Crippen LogP contribution >= 0.6 is 0 Å². The van der Waals surface area contributed by atoms with Crippen molar-refractivity contribution < 1.29 is 19.6 Å². The minimum absolute atomic E-state index is 0.0229. The maximum atomic E-state index is 12.7. The Morgan fingerprint density at radius 1 is 1.38 bits per heavy atom. The summed E-state index contributed by atoms with van der Waals surface area (Å²) in [6.45, 7) is 4.20. The zero-order chi connectivity index (χ0) is 17.7. The van der Waals surface area contributed by atoms with E-state index < -0.39 is 16.8 Å². The molecule has 2 rings (SSSR count). The van der Waals surface area contributed by atoms with E-state index in [9.17, 15) is 19.7 Å². The molecule has 7 nitrogen and oxygen atoms in total. The van der Waals surface area contributed by atoms with Gasteiger partial charge in [-0.25, -0.2) is 0 Å². The van der Waals surface area contributed by atoms with Gasteiger partial charge in [0.25, 0.3) is 5.69 Å². The van der Waals surface area contributed by atoms with Crippen LogP contribution in [0.5, 0.6) is 0 Å².